The Balaban J connectivity index is 1.59. The lowest BCUT2D eigenvalue weighted by atomic mass is 9.67. The van der Waals surface area contributed by atoms with Crippen LogP contribution >= 0.6 is 0 Å². The fourth-order valence-corrected chi connectivity index (χ4v) is 5.33. The molecular weight excluding hydrogens is 284 g/mol. The first-order valence-corrected chi connectivity index (χ1v) is 9.42. The Kier molecular flexibility index (Phi) is 3.87. The summed E-state index contributed by atoms with van der Waals surface area (Å²) in [5, 5.41) is 0. The van der Waals surface area contributed by atoms with Gasteiger partial charge in [-0.3, -0.25) is 9.59 Å². The molecule has 0 spiro atoms. The molecule has 23 heavy (non-hydrogen) atoms. The molecule has 0 heterocycles. The molecule has 4 atom stereocenters. The average Bonchev–Trinajstić information content (AvgIpc) is 3.18. The monoisotopic (exact) mass is 310 g/mol. The largest absolute Gasteiger partial charge is 0.294 e. The standard InChI is InChI=1S/C21H26O2/c1-2-3-4-5-6-13-7-10-16-17(11-13)21(23)19-15-9-8-14(12-15)18(19)20(16)22/h7,10-11,14-15,18-19H,2-6,8-9,12H2,1H3. The molecule has 4 rings (SSSR count). The molecule has 0 amide bonds. The number of hydrogen-bond donors (Lipinski definition) is 0. The van der Waals surface area contributed by atoms with Gasteiger partial charge >= 0.3 is 0 Å². The first-order chi connectivity index (χ1) is 11.2. The van der Waals surface area contributed by atoms with Crippen LogP contribution in [0.15, 0.2) is 18.2 Å². The molecule has 0 aliphatic heterocycles. The van der Waals surface area contributed by atoms with Gasteiger partial charge in [0.2, 0.25) is 0 Å². The summed E-state index contributed by atoms with van der Waals surface area (Å²) >= 11 is 0. The Hall–Kier alpha value is -1.44. The van der Waals surface area contributed by atoms with E-state index in [1.54, 1.807) is 0 Å². The molecule has 2 nitrogen and oxygen atoms in total. The molecule has 3 aliphatic carbocycles. The van der Waals surface area contributed by atoms with E-state index in [-0.39, 0.29) is 23.4 Å². The number of carbonyl (C=O) groups is 2. The van der Waals surface area contributed by atoms with Gasteiger partial charge in [-0.15, -0.1) is 0 Å². The quantitative estimate of drug-likeness (QED) is 0.728. The summed E-state index contributed by atoms with van der Waals surface area (Å²) in [6, 6.07) is 6.04. The van der Waals surface area contributed by atoms with Gasteiger partial charge in [0.05, 0.1) is 0 Å². The van der Waals surface area contributed by atoms with E-state index in [0.717, 1.165) is 31.2 Å². The zero-order valence-electron chi connectivity index (χ0n) is 14.0. The lowest BCUT2D eigenvalue weighted by Gasteiger charge is -2.33. The topological polar surface area (TPSA) is 34.1 Å². The number of hydrogen-bond acceptors (Lipinski definition) is 2. The predicted molar refractivity (Wildman–Crippen MR) is 90.8 cm³/mol. The van der Waals surface area contributed by atoms with Crippen molar-refractivity contribution in [3.8, 4) is 0 Å². The number of carbonyl (C=O) groups excluding carboxylic acids is 2. The Morgan fingerprint density at radius 2 is 1.61 bits per heavy atom. The van der Waals surface area contributed by atoms with Gasteiger partial charge in [-0.2, -0.15) is 0 Å². The van der Waals surface area contributed by atoms with E-state index in [1.807, 2.05) is 12.1 Å². The van der Waals surface area contributed by atoms with Crippen LogP contribution in [0.5, 0.6) is 0 Å². The van der Waals surface area contributed by atoms with Crippen molar-refractivity contribution in [3.05, 3.63) is 34.9 Å². The number of ketones is 2. The summed E-state index contributed by atoms with van der Waals surface area (Å²) in [5.41, 5.74) is 2.67. The van der Waals surface area contributed by atoms with Gasteiger partial charge in [-0.05, 0) is 55.6 Å². The number of Topliss-reactive ketones (excluding diaryl/α,β-unsaturated/α-hetero) is 2. The van der Waals surface area contributed by atoms with E-state index in [0.29, 0.717) is 17.4 Å². The van der Waals surface area contributed by atoms with Crippen LogP contribution in [0.3, 0.4) is 0 Å². The van der Waals surface area contributed by atoms with Gasteiger partial charge in [0.15, 0.2) is 11.6 Å². The van der Waals surface area contributed by atoms with Crippen molar-refractivity contribution >= 4 is 11.6 Å². The Morgan fingerprint density at radius 1 is 0.913 bits per heavy atom. The zero-order valence-corrected chi connectivity index (χ0v) is 14.0. The van der Waals surface area contributed by atoms with Gasteiger partial charge in [0, 0.05) is 23.0 Å². The van der Waals surface area contributed by atoms with Gasteiger partial charge < -0.3 is 0 Å². The molecular formula is C21H26O2. The van der Waals surface area contributed by atoms with Crippen LogP contribution in [0, 0.1) is 23.7 Å². The summed E-state index contributed by atoms with van der Waals surface area (Å²) < 4.78 is 0. The molecule has 2 fully saturated rings. The van der Waals surface area contributed by atoms with Gasteiger partial charge in [0.25, 0.3) is 0 Å². The zero-order chi connectivity index (χ0) is 16.0. The SMILES string of the molecule is CCCCCCc1ccc2c(c1)C(=O)C1C3CCC(C3)C1C2=O. The van der Waals surface area contributed by atoms with Crippen molar-refractivity contribution in [2.75, 3.05) is 0 Å². The van der Waals surface area contributed by atoms with Crippen LogP contribution in [0.2, 0.25) is 0 Å². The molecule has 0 aromatic heterocycles. The number of fused-ring (bicyclic) bond motifs is 6. The summed E-state index contributed by atoms with van der Waals surface area (Å²) in [5.74, 6) is 1.49. The molecule has 1 aromatic carbocycles. The number of aryl methyl sites for hydroxylation is 1. The van der Waals surface area contributed by atoms with Crippen LogP contribution < -0.4 is 0 Å². The highest BCUT2D eigenvalue weighted by Gasteiger charge is 2.56. The van der Waals surface area contributed by atoms with Crippen LogP contribution in [-0.4, -0.2) is 11.6 Å². The molecule has 3 aliphatic rings. The number of unbranched alkanes of at least 4 members (excludes halogenated alkanes) is 3. The molecule has 0 radical (unpaired) electrons. The molecule has 2 heteroatoms. The van der Waals surface area contributed by atoms with Crippen LogP contribution in [0.25, 0.3) is 0 Å². The third-order valence-electron chi connectivity index (χ3n) is 6.46. The lowest BCUT2D eigenvalue weighted by molar-refractivity contribution is 0.0661. The van der Waals surface area contributed by atoms with Crippen molar-refractivity contribution in [1.29, 1.82) is 0 Å². The van der Waals surface area contributed by atoms with Crippen LogP contribution in [0.1, 0.15) is 78.1 Å². The maximum absolute atomic E-state index is 13.0. The van der Waals surface area contributed by atoms with Crippen molar-refractivity contribution in [1.82, 2.24) is 0 Å². The van der Waals surface area contributed by atoms with E-state index in [2.05, 4.69) is 13.0 Å². The minimum atomic E-state index is 0.00379. The highest BCUT2D eigenvalue weighted by atomic mass is 16.1. The van der Waals surface area contributed by atoms with Gasteiger partial charge in [-0.25, -0.2) is 0 Å². The first kappa shape index (κ1) is 15.1. The minimum absolute atomic E-state index is 0.00379. The molecule has 2 bridgehead atoms. The summed E-state index contributed by atoms with van der Waals surface area (Å²) in [6.45, 7) is 2.22. The average molecular weight is 310 g/mol. The van der Waals surface area contributed by atoms with Crippen molar-refractivity contribution in [2.45, 2.75) is 58.3 Å². The fraction of sp³-hybridized carbons (Fsp3) is 0.619. The molecule has 122 valence electrons. The van der Waals surface area contributed by atoms with Crippen LogP contribution in [0.4, 0.5) is 0 Å². The van der Waals surface area contributed by atoms with Crippen molar-refractivity contribution in [2.24, 2.45) is 23.7 Å². The lowest BCUT2D eigenvalue weighted by Crippen LogP contribution is -2.40. The normalized spacial score (nSPS) is 31.3. The summed E-state index contributed by atoms with van der Waals surface area (Å²) in [7, 11) is 0. The smallest absolute Gasteiger partial charge is 0.167 e. The predicted octanol–water partition coefficient (Wildman–Crippen LogP) is 4.85. The molecule has 4 unspecified atom stereocenters. The highest BCUT2D eigenvalue weighted by molar-refractivity contribution is 6.16. The maximum Gasteiger partial charge on any atom is 0.167 e. The second kappa shape index (κ2) is 5.89. The van der Waals surface area contributed by atoms with Gasteiger partial charge in [0.1, 0.15) is 0 Å². The van der Waals surface area contributed by atoms with Crippen molar-refractivity contribution in [3.63, 3.8) is 0 Å². The maximum atomic E-state index is 13.0. The van der Waals surface area contributed by atoms with Crippen molar-refractivity contribution < 1.29 is 9.59 Å². The highest BCUT2D eigenvalue weighted by Crippen LogP contribution is 2.56. The fourth-order valence-electron chi connectivity index (χ4n) is 5.33. The first-order valence-electron chi connectivity index (χ1n) is 9.42. The van der Waals surface area contributed by atoms with E-state index in [4.69, 9.17) is 0 Å². The molecule has 0 N–H and O–H groups in total. The van der Waals surface area contributed by atoms with E-state index >= 15 is 0 Å². The second-order valence-electron chi connectivity index (χ2n) is 7.80. The molecule has 0 saturated heterocycles. The molecule has 1 aromatic rings. The van der Waals surface area contributed by atoms with E-state index in [1.165, 1.54) is 31.2 Å². The van der Waals surface area contributed by atoms with E-state index in [9.17, 15) is 9.59 Å². The molecule has 2 saturated carbocycles. The van der Waals surface area contributed by atoms with E-state index < -0.39 is 0 Å². The third-order valence-corrected chi connectivity index (χ3v) is 6.46. The summed E-state index contributed by atoms with van der Waals surface area (Å²) in [4.78, 5) is 25.9. The number of benzene rings is 1. The van der Waals surface area contributed by atoms with Gasteiger partial charge in [-0.1, -0.05) is 38.3 Å². The Labute approximate surface area is 138 Å². The van der Waals surface area contributed by atoms with Crippen LogP contribution in [-0.2, 0) is 6.42 Å². The minimum Gasteiger partial charge on any atom is -0.294 e. The Morgan fingerprint density at radius 3 is 2.30 bits per heavy atom. The third kappa shape index (κ3) is 2.38. The number of rotatable bonds is 5. The Bertz CT molecular complexity index is 645. The second-order valence-corrected chi connectivity index (χ2v) is 7.80. The summed E-state index contributed by atoms with van der Waals surface area (Å²) in [6.07, 6.45) is 9.35.